The lowest BCUT2D eigenvalue weighted by Gasteiger charge is -2.32. The van der Waals surface area contributed by atoms with Crippen molar-refractivity contribution in [1.82, 2.24) is 4.90 Å². The van der Waals surface area contributed by atoms with E-state index in [0.717, 1.165) is 48.4 Å². The molecule has 0 bridgehead atoms. The average Bonchev–Trinajstić information content (AvgIpc) is 2.65. The third kappa shape index (κ3) is 4.77. The third-order valence-corrected chi connectivity index (χ3v) is 4.80. The van der Waals surface area contributed by atoms with E-state index in [4.69, 9.17) is 10.5 Å². The molecule has 0 saturated carbocycles. The van der Waals surface area contributed by atoms with Gasteiger partial charge in [0.1, 0.15) is 11.9 Å². The van der Waals surface area contributed by atoms with Gasteiger partial charge in [-0.2, -0.15) is 0 Å². The molecule has 0 atom stereocenters. The number of carbonyl (C=O) groups excluding carboxylic acids is 1. The largest absolute Gasteiger partial charge is 0.490 e. The summed E-state index contributed by atoms with van der Waals surface area (Å²) in [4.78, 5) is 14.5. The molecule has 1 amide bonds. The van der Waals surface area contributed by atoms with Crippen LogP contribution in [0.4, 0.5) is 0 Å². The first-order chi connectivity index (χ1) is 12.1. The van der Waals surface area contributed by atoms with Gasteiger partial charge < -0.3 is 15.4 Å². The molecular formula is C21H27ClN2O2. The zero-order chi connectivity index (χ0) is 17.8. The Morgan fingerprint density at radius 2 is 1.77 bits per heavy atom. The van der Waals surface area contributed by atoms with Gasteiger partial charge in [0.2, 0.25) is 0 Å². The maximum atomic E-state index is 12.6. The number of benzene rings is 2. The lowest BCUT2D eigenvalue weighted by atomic mass is 10.0. The van der Waals surface area contributed by atoms with E-state index in [0.29, 0.717) is 6.54 Å². The number of ether oxygens (including phenoxy) is 1. The number of hydrogen-bond acceptors (Lipinski definition) is 3. The van der Waals surface area contributed by atoms with Crippen LogP contribution >= 0.6 is 12.4 Å². The SMILES string of the molecule is Cc1ccc(C)c(OC2CCN(C(=O)c3ccc(CN)cc3)CC2)c1.Cl. The molecule has 2 aromatic rings. The molecule has 0 spiro atoms. The molecule has 1 fully saturated rings. The van der Waals surface area contributed by atoms with Crippen molar-refractivity contribution < 1.29 is 9.53 Å². The highest BCUT2D eigenvalue weighted by atomic mass is 35.5. The summed E-state index contributed by atoms with van der Waals surface area (Å²) in [6, 6.07) is 13.8. The number of amides is 1. The average molecular weight is 375 g/mol. The smallest absolute Gasteiger partial charge is 0.253 e. The summed E-state index contributed by atoms with van der Waals surface area (Å²) in [5, 5.41) is 0. The van der Waals surface area contributed by atoms with Gasteiger partial charge in [0.25, 0.3) is 5.91 Å². The number of nitrogens with zero attached hydrogens (tertiary/aromatic N) is 1. The van der Waals surface area contributed by atoms with Crippen LogP contribution in [0, 0.1) is 13.8 Å². The third-order valence-electron chi connectivity index (χ3n) is 4.80. The molecule has 1 saturated heterocycles. The Balaban J connectivity index is 0.00000243. The molecule has 5 heteroatoms. The minimum absolute atomic E-state index is 0. The van der Waals surface area contributed by atoms with Gasteiger partial charge in [-0.25, -0.2) is 0 Å². The van der Waals surface area contributed by atoms with E-state index in [-0.39, 0.29) is 24.4 Å². The second kappa shape index (κ2) is 9.06. The minimum Gasteiger partial charge on any atom is -0.490 e. The Bertz CT molecular complexity index is 738. The summed E-state index contributed by atoms with van der Waals surface area (Å²) in [6.07, 6.45) is 1.89. The van der Waals surface area contributed by atoms with Gasteiger partial charge in [0, 0.05) is 38.0 Å². The van der Waals surface area contributed by atoms with Crippen LogP contribution in [0.1, 0.15) is 39.9 Å². The maximum Gasteiger partial charge on any atom is 0.253 e. The molecule has 2 aromatic carbocycles. The molecular weight excluding hydrogens is 348 g/mol. The van der Waals surface area contributed by atoms with Crippen molar-refractivity contribution >= 4 is 18.3 Å². The van der Waals surface area contributed by atoms with Crippen LogP contribution in [0.15, 0.2) is 42.5 Å². The maximum absolute atomic E-state index is 12.6. The molecule has 26 heavy (non-hydrogen) atoms. The van der Waals surface area contributed by atoms with E-state index in [1.54, 1.807) is 0 Å². The Kier molecular flexibility index (Phi) is 7.06. The van der Waals surface area contributed by atoms with Crippen LogP contribution in [0.5, 0.6) is 5.75 Å². The zero-order valence-corrected chi connectivity index (χ0v) is 16.2. The summed E-state index contributed by atoms with van der Waals surface area (Å²) >= 11 is 0. The van der Waals surface area contributed by atoms with Crippen molar-refractivity contribution in [2.45, 2.75) is 39.3 Å². The van der Waals surface area contributed by atoms with E-state index in [2.05, 4.69) is 32.0 Å². The molecule has 1 aliphatic rings. The number of piperidine rings is 1. The molecule has 0 aromatic heterocycles. The lowest BCUT2D eigenvalue weighted by molar-refractivity contribution is 0.0594. The Morgan fingerprint density at radius 3 is 2.38 bits per heavy atom. The zero-order valence-electron chi connectivity index (χ0n) is 15.4. The van der Waals surface area contributed by atoms with Crippen molar-refractivity contribution in [1.29, 1.82) is 0 Å². The van der Waals surface area contributed by atoms with Gasteiger partial charge in [-0.1, -0.05) is 24.3 Å². The van der Waals surface area contributed by atoms with Crippen molar-refractivity contribution in [3.05, 3.63) is 64.7 Å². The highest BCUT2D eigenvalue weighted by molar-refractivity contribution is 5.94. The topological polar surface area (TPSA) is 55.6 Å². The number of rotatable bonds is 4. The standard InChI is InChI=1S/C21H26N2O2.ClH/c1-15-3-4-16(2)20(13-15)25-19-9-11-23(12-10-19)21(24)18-7-5-17(14-22)6-8-18;/h3-8,13,19H,9-12,14,22H2,1-2H3;1H. The Morgan fingerprint density at radius 1 is 1.12 bits per heavy atom. The number of hydrogen-bond donors (Lipinski definition) is 1. The summed E-state index contributed by atoms with van der Waals surface area (Å²) in [5.74, 6) is 1.05. The predicted octanol–water partition coefficient (Wildman–Crippen LogP) is 3.87. The fraction of sp³-hybridized carbons (Fsp3) is 0.381. The van der Waals surface area contributed by atoms with E-state index in [9.17, 15) is 4.79 Å². The van der Waals surface area contributed by atoms with Crippen LogP contribution in [-0.2, 0) is 6.54 Å². The van der Waals surface area contributed by atoms with Gasteiger partial charge >= 0.3 is 0 Å². The summed E-state index contributed by atoms with van der Waals surface area (Å²) in [7, 11) is 0. The van der Waals surface area contributed by atoms with Crippen molar-refractivity contribution in [3.63, 3.8) is 0 Å². The second-order valence-corrected chi connectivity index (χ2v) is 6.78. The van der Waals surface area contributed by atoms with Crippen LogP contribution in [0.3, 0.4) is 0 Å². The molecule has 2 N–H and O–H groups in total. The molecule has 3 rings (SSSR count). The monoisotopic (exact) mass is 374 g/mol. The van der Waals surface area contributed by atoms with Crippen molar-refractivity contribution in [2.24, 2.45) is 5.73 Å². The Labute approximate surface area is 161 Å². The number of nitrogens with two attached hydrogens (primary N) is 1. The number of halogens is 1. The summed E-state index contributed by atoms with van der Waals surface area (Å²) in [6.45, 7) is 6.09. The first-order valence-electron chi connectivity index (χ1n) is 8.89. The number of aryl methyl sites for hydroxylation is 2. The fourth-order valence-electron chi connectivity index (χ4n) is 3.16. The normalized spacial score (nSPS) is 14.7. The highest BCUT2D eigenvalue weighted by Crippen LogP contribution is 2.24. The summed E-state index contributed by atoms with van der Waals surface area (Å²) in [5.41, 5.74) is 9.73. The van der Waals surface area contributed by atoms with E-state index >= 15 is 0 Å². The molecule has 1 aliphatic heterocycles. The minimum atomic E-state index is 0. The lowest BCUT2D eigenvalue weighted by Crippen LogP contribution is -2.41. The highest BCUT2D eigenvalue weighted by Gasteiger charge is 2.25. The predicted molar refractivity (Wildman–Crippen MR) is 107 cm³/mol. The van der Waals surface area contributed by atoms with Gasteiger partial charge in [-0.3, -0.25) is 4.79 Å². The number of carbonyl (C=O) groups is 1. The van der Waals surface area contributed by atoms with Crippen LogP contribution in [-0.4, -0.2) is 30.0 Å². The molecule has 140 valence electrons. The molecule has 0 aliphatic carbocycles. The fourth-order valence-corrected chi connectivity index (χ4v) is 3.16. The molecule has 1 heterocycles. The van der Waals surface area contributed by atoms with Crippen molar-refractivity contribution in [2.75, 3.05) is 13.1 Å². The summed E-state index contributed by atoms with van der Waals surface area (Å²) < 4.78 is 6.18. The first kappa shape index (κ1) is 20.3. The van der Waals surface area contributed by atoms with Gasteiger partial charge in [-0.05, 0) is 48.7 Å². The second-order valence-electron chi connectivity index (χ2n) is 6.78. The first-order valence-corrected chi connectivity index (χ1v) is 8.89. The molecule has 4 nitrogen and oxygen atoms in total. The molecule has 0 radical (unpaired) electrons. The Hall–Kier alpha value is -2.04. The van der Waals surface area contributed by atoms with E-state index < -0.39 is 0 Å². The van der Waals surface area contributed by atoms with Crippen LogP contribution in [0.2, 0.25) is 0 Å². The van der Waals surface area contributed by atoms with Gasteiger partial charge in [0.05, 0.1) is 0 Å². The van der Waals surface area contributed by atoms with Crippen molar-refractivity contribution in [3.8, 4) is 5.75 Å². The van der Waals surface area contributed by atoms with Crippen LogP contribution < -0.4 is 10.5 Å². The van der Waals surface area contributed by atoms with E-state index in [1.807, 2.05) is 29.2 Å². The van der Waals surface area contributed by atoms with Gasteiger partial charge in [-0.15, -0.1) is 12.4 Å². The van der Waals surface area contributed by atoms with Gasteiger partial charge in [0.15, 0.2) is 0 Å². The van der Waals surface area contributed by atoms with Crippen LogP contribution in [0.25, 0.3) is 0 Å². The number of likely N-dealkylation sites (tertiary alicyclic amines) is 1. The quantitative estimate of drug-likeness (QED) is 0.883. The molecule has 0 unspecified atom stereocenters. The van der Waals surface area contributed by atoms with E-state index in [1.165, 1.54) is 5.56 Å².